The maximum atomic E-state index is 12.8. The smallest absolute Gasteiger partial charge is 0.323 e. The second-order valence-corrected chi connectivity index (χ2v) is 13.8. The first-order valence-corrected chi connectivity index (χ1v) is 17.9. The quantitative estimate of drug-likeness (QED) is 0.175. The summed E-state index contributed by atoms with van der Waals surface area (Å²) < 4.78 is 5.24. The molecule has 14 nitrogen and oxygen atoms in total. The lowest BCUT2D eigenvalue weighted by Crippen LogP contribution is -2.65. The van der Waals surface area contributed by atoms with Gasteiger partial charge < -0.3 is 25.3 Å². The molecule has 2 amide bonds. The number of carbonyl (C=O) groups is 2. The second kappa shape index (κ2) is 13.9. The highest BCUT2D eigenvalue weighted by molar-refractivity contribution is 6.39. The first-order chi connectivity index (χ1) is 25.4. The first kappa shape index (κ1) is 36.0. The van der Waals surface area contributed by atoms with Crippen molar-refractivity contribution in [3.8, 4) is 11.1 Å². The monoisotopic (exact) mass is 712 g/mol. The van der Waals surface area contributed by atoms with Crippen molar-refractivity contribution in [2.45, 2.75) is 51.5 Å². The molecule has 1 saturated heterocycles. The third-order valence-electron chi connectivity index (χ3n) is 9.90. The van der Waals surface area contributed by atoms with Gasteiger partial charge in [-0.15, -0.1) is 0 Å². The highest BCUT2D eigenvalue weighted by Crippen LogP contribution is 2.45. The van der Waals surface area contributed by atoms with E-state index in [0.29, 0.717) is 48.3 Å². The van der Waals surface area contributed by atoms with Gasteiger partial charge >= 0.3 is 11.6 Å². The van der Waals surface area contributed by atoms with E-state index in [2.05, 4.69) is 43.4 Å². The van der Waals surface area contributed by atoms with Crippen molar-refractivity contribution in [1.82, 2.24) is 34.2 Å². The summed E-state index contributed by atoms with van der Waals surface area (Å²) >= 11 is 0. The van der Waals surface area contributed by atoms with Gasteiger partial charge in [0.05, 0.1) is 57.2 Å². The van der Waals surface area contributed by atoms with Crippen LogP contribution in [0.5, 0.6) is 0 Å². The predicted octanol–water partition coefficient (Wildman–Crippen LogP) is 3.02. The lowest BCUT2D eigenvalue weighted by atomic mass is 9.57. The molecule has 1 saturated carbocycles. The first-order valence-electron chi connectivity index (χ1n) is 17.9. The van der Waals surface area contributed by atoms with E-state index < -0.39 is 5.34 Å². The van der Waals surface area contributed by atoms with Gasteiger partial charge in [0.25, 0.3) is 0 Å². The Hall–Kier alpha value is -5.37. The molecule has 1 aliphatic carbocycles. The van der Waals surface area contributed by atoms with Crippen molar-refractivity contribution in [1.29, 1.82) is 0 Å². The van der Waals surface area contributed by atoms with E-state index in [4.69, 9.17) is 25.6 Å². The minimum Gasteiger partial charge on any atom is -0.366 e. The van der Waals surface area contributed by atoms with Crippen LogP contribution in [0.15, 0.2) is 54.7 Å². The molecule has 4 aromatic heterocycles. The summed E-state index contributed by atoms with van der Waals surface area (Å²) in [6.45, 7) is 7.65. The van der Waals surface area contributed by atoms with Gasteiger partial charge in [0.1, 0.15) is 18.7 Å². The van der Waals surface area contributed by atoms with Gasteiger partial charge in [-0.2, -0.15) is 14.7 Å². The van der Waals surface area contributed by atoms with Gasteiger partial charge in [0.2, 0.25) is 11.6 Å². The van der Waals surface area contributed by atoms with E-state index in [1.807, 2.05) is 56.1 Å². The number of aryl methyl sites for hydroxylation is 1. The molecule has 3 aliphatic rings. The number of amides is 2. The van der Waals surface area contributed by atoms with Crippen LogP contribution in [0.25, 0.3) is 16.8 Å². The number of hydrogen-bond donors (Lipinski definition) is 2. The fraction of sp³-hybridized carbons (Fsp3) is 0.405. The van der Waals surface area contributed by atoms with E-state index >= 15 is 0 Å². The molecule has 2 N–H and O–H groups in total. The Morgan fingerprint density at radius 3 is 2.49 bits per heavy atom. The molecule has 53 heavy (non-hydrogen) atoms. The molecule has 0 spiro atoms. The average molecular weight is 712 g/mol. The van der Waals surface area contributed by atoms with Gasteiger partial charge in [0.15, 0.2) is 5.65 Å². The van der Waals surface area contributed by atoms with Gasteiger partial charge in [-0.25, -0.2) is 4.98 Å². The number of para-hydroxylation sites is 1. The van der Waals surface area contributed by atoms with Crippen LogP contribution in [-0.4, -0.2) is 103 Å². The van der Waals surface area contributed by atoms with Crippen molar-refractivity contribution < 1.29 is 19.2 Å². The molecule has 0 unspecified atom stereocenters. The van der Waals surface area contributed by atoms with Crippen LogP contribution in [0, 0.1) is 12.8 Å². The maximum absolute atomic E-state index is 12.8. The molecule has 5 aromatic rings. The molecule has 2 aliphatic heterocycles. The summed E-state index contributed by atoms with van der Waals surface area (Å²) in [6.07, 6.45) is 3.75. The maximum Gasteiger partial charge on any atom is 0.323 e. The summed E-state index contributed by atoms with van der Waals surface area (Å²) in [6, 6.07) is 15.1. The molecule has 270 valence electrons. The van der Waals surface area contributed by atoms with Crippen LogP contribution >= 0.6 is 0 Å². The Labute approximate surface area is 311 Å². The number of anilines is 4. The zero-order valence-electron chi connectivity index (χ0n) is 31.3. The topological polar surface area (TPSA) is 129 Å². The standard InChI is InChI=1S/C35H37B2N11O3.C2H6/c1-20-14-30-40-29(41-33(49)21-12-13-21)15-31(47(30)42-20)39-25-9-6-8-23-24-16-38-46(27(24)19-44(4)32(23)25)22-17-45(18-22)35(36,37)28-11-7-10-26(48(28)51-5)34(50)43(2)3;1-2/h6-11,14-16,21-22H,12-13,17-19H2,1-5H3,(H-,39,40,41,42,49);1-2H3/p+1. The number of aromatic nitrogens is 6. The Morgan fingerprint density at radius 1 is 1.06 bits per heavy atom. The fourth-order valence-electron chi connectivity index (χ4n) is 7.07. The SMILES string of the molecule is CC.[B]C([B])(c1cccc(C(=O)N(C)C)[n+]1OC)N1CC(n2ncc3c2CN(C)c2c(Nc4cc(NC(=O)C5CC5)nc5cc(C)nn45)cccc2-3)C1. The lowest BCUT2D eigenvalue weighted by molar-refractivity contribution is -0.893. The number of carbonyl (C=O) groups excluding carboxylic acids is 2. The molecule has 16 heteroatoms. The number of pyridine rings is 1. The van der Waals surface area contributed by atoms with Crippen molar-refractivity contribution in [2.24, 2.45) is 5.92 Å². The number of nitrogens with one attached hydrogen (secondary N) is 2. The number of likely N-dealkylation sites (tertiary alicyclic amines) is 1. The molecular weight excluding hydrogens is 668 g/mol. The van der Waals surface area contributed by atoms with Gasteiger partial charge in [0, 0.05) is 85.6 Å². The van der Waals surface area contributed by atoms with Crippen LogP contribution in [0.3, 0.4) is 0 Å². The Morgan fingerprint density at radius 2 is 1.79 bits per heavy atom. The normalized spacial score (nSPS) is 15.5. The predicted molar refractivity (Wildman–Crippen MR) is 204 cm³/mol. The number of hydrogen-bond acceptors (Lipinski definition) is 9. The van der Waals surface area contributed by atoms with E-state index in [1.54, 1.807) is 36.8 Å². The zero-order chi connectivity index (χ0) is 37.8. The minimum absolute atomic E-state index is 0.00193. The minimum atomic E-state index is -1.40. The summed E-state index contributed by atoms with van der Waals surface area (Å²) in [5.41, 5.74) is 7.35. The van der Waals surface area contributed by atoms with Crippen LogP contribution < -0.4 is 25.1 Å². The molecule has 0 atom stereocenters. The number of rotatable bonds is 9. The molecule has 0 bridgehead atoms. The van der Waals surface area contributed by atoms with E-state index in [0.717, 1.165) is 46.7 Å². The largest absolute Gasteiger partial charge is 0.366 e. The van der Waals surface area contributed by atoms with Crippen molar-refractivity contribution in [3.05, 3.63) is 77.5 Å². The zero-order valence-corrected chi connectivity index (χ0v) is 31.3. The fourth-order valence-corrected chi connectivity index (χ4v) is 7.07. The van der Waals surface area contributed by atoms with Crippen LogP contribution in [-0.2, 0) is 16.7 Å². The summed E-state index contributed by atoms with van der Waals surface area (Å²) in [5, 5.41) is 14.7. The van der Waals surface area contributed by atoms with Crippen LogP contribution in [0.1, 0.15) is 60.3 Å². The average Bonchev–Trinajstić information content (AvgIpc) is 3.79. The van der Waals surface area contributed by atoms with E-state index in [9.17, 15) is 9.59 Å². The lowest BCUT2D eigenvalue weighted by Gasteiger charge is -2.48. The van der Waals surface area contributed by atoms with Crippen molar-refractivity contribution in [2.75, 3.05) is 56.9 Å². The summed E-state index contributed by atoms with van der Waals surface area (Å²) in [4.78, 5) is 41.3. The molecule has 8 rings (SSSR count). The highest BCUT2D eigenvalue weighted by Gasteiger charge is 2.46. The summed E-state index contributed by atoms with van der Waals surface area (Å²) in [5.74, 6) is 1.01. The second-order valence-electron chi connectivity index (χ2n) is 13.8. The number of nitrogens with zero attached hydrogens (tertiary/aromatic N) is 9. The molecule has 4 radical (unpaired) electrons. The number of fused-ring (bicyclic) bond motifs is 4. The van der Waals surface area contributed by atoms with Gasteiger partial charge in [-0.1, -0.05) is 26.0 Å². The van der Waals surface area contributed by atoms with E-state index in [-0.39, 0.29) is 23.8 Å². The Balaban J connectivity index is 0.00000214. The molecular formula is C37H44B2N11O3+. The third kappa shape index (κ3) is 6.38. The highest BCUT2D eigenvalue weighted by atomic mass is 16.6. The van der Waals surface area contributed by atoms with Crippen LogP contribution in [0.2, 0.25) is 0 Å². The third-order valence-corrected chi connectivity index (χ3v) is 9.90. The van der Waals surface area contributed by atoms with E-state index in [1.165, 1.54) is 16.7 Å². The molecule has 2 fully saturated rings. The Kier molecular flexibility index (Phi) is 9.43. The molecule has 6 heterocycles. The molecule has 1 aromatic carbocycles. The summed E-state index contributed by atoms with van der Waals surface area (Å²) in [7, 11) is 20.5. The van der Waals surface area contributed by atoms with Crippen molar-refractivity contribution in [3.63, 3.8) is 0 Å². The Bertz CT molecular complexity index is 2210. The van der Waals surface area contributed by atoms with Gasteiger partial charge in [-0.05, 0) is 31.9 Å². The van der Waals surface area contributed by atoms with Gasteiger partial charge in [-0.3, -0.25) is 19.1 Å². The van der Waals surface area contributed by atoms with Crippen molar-refractivity contribution >= 4 is 56.2 Å². The van der Waals surface area contributed by atoms with Crippen LogP contribution in [0.4, 0.5) is 23.0 Å². The number of benzene rings is 1.